The molecule has 1 atom stereocenters. The number of carbonyl (C=O) groups excluding carboxylic acids is 2. The quantitative estimate of drug-likeness (QED) is 0.595. The summed E-state index contributed by atoms with van der Waals surface area (Å²) in [6.45, 7) is 1.80. The number of benzene rings is 1. The molecule has 0 aliphatic heterocycles. The van der Waals surface area contributed by atoms with Gasteiger partial charge in [0.1, 0.15) is 12.3 Å². The van der Waals surface area contributed by atoms with Gasteiger partial charge in [-0.3, -0.25) is 14.4 Å². The first-order valence-electron chi connectivity index (χ1n) is 5.99. The van der Waals surface area contributed by atoms with Crippen LogP contribution >= 0.6 is 0 Å². The Morgan fingerprint density at radius 1 is 1.21 bits per heavy atom. The van der Waals surface area contributed by atoms with E-state index in [1.165, 1.54) is 0 Å². The predicted molar refractivity (Wildman–Crippen MR) is 67.5 cm³/mol. The van der Waals surface area contributed by atoms with E-state index in [0.717, 1.165) is 5.56 Å². The molecular weight excluding hydrogens is 248 g/mol. The van der Waals surface area contributed by atoms with Crippen molar-refractivity contribution in [1.29, 1.82) is 0 Å². The summed E-state index contributed by atoms with van der Waals surface area (Å²) in [4.78, 5) is 34.1. The van der Waals surface area contributed by atoms with Crippen LogP contribution in [0.15, 0.2) is 30.3 Å². The molecule has 0 heterocycles. The fourth-order valence-corrected chi connectivity index (χ4v) is 1.69. The van der Waals surface area contributed by atoms with E-state index in [9.17, 15) is 14.4 Å². The van der Waals surface area contributed by atoms with Gasteiger partial charge in [0.25, 0.3) is 0 Å². The highest BCUT2D eigenvalue weighted by Crippen LogP contribution is 2.13. The summed E-state index contributed by atoms with van der Waals surface area (Å²) in [5, 5.41) is 8.64. The molecule has 1 N–H and O–H groups in total. The van der Waals surface area contributed by atoms with Crippen LogP contribution in [0.25, 0.3) is 0 Å². The molecule has 0 spiro atoms. The number of carboxylic acid groups (broad SMARTS) is 1. The summed E-state index contributed by atoms with van der Waals surface area (Å²) in [6, 6.07) is 8.96. The molecule has 1 aromatic carbocycles. The lowest BCUT2D eigenvalue weighted by molar-refractivity contribution is -0.152. The summed E-state index contributed by atoms with van der Waals surface area (Å²) < 4.78 is 4.83. The molecule has 0 aliphatic rings. The number of hydrogen-bond acceptors (Lipinski definition) is 4. The molecular formula is C14H16O5. The van der Waals surface area contributed by atoms with Crippen LogP contribution in [0.2, 0.25) is 0 Å². The third kappa shape index (κ3) is 4.91. The van der Waals surface area contributed by atoms with Crippen molar-refractivity contribution in [2.75, 3.05) is 6.61 Å². The number of hydrogen-bond donors (Lipinski definition) is 1. The summed E-state index contributed by atoms with van der Waals surface area (Å²) in [6.07, 6.45) is -0.512. The van der Waals surface area contributed by atoms with E-state index in [2.05, 4.69) is 0 Å². The zero-order chi connectivity index (χ0) is 14.3. The third-order valence-electron chi connectivity index (χ3n) is 2.57. The second-order valence-corrected chi connectivity index (χ2v) is 4.03. The van der Waals surface area contributed by atoms with Crippen molar-refractivity contribution in [2.45, 2.75) is 19.8 Å². The molecule has 0 aliphatic carbocycles. The molecule has 1 rings (SSSR count). The first-order chi connectivity index (χ1) is 9.04. The van der Waals surface area contributed by atoms with E-state index in [-0.39, 0.29) is 13.0 Å². The van der Waals surface area contributed by atoms with Crippen molar-refractivity contribution in [2.24, 2.45) is 5.92 Å². The number of Topliss-reactive ketones (excluding diaryl/α,β-unsaturated/α-hetero) is 1. The zero-order valence-electron chi connectivity index (χ0n) is 10.7. The summed E-state index contributed by atoms with van der Waals surface area (Å²) in [7, 11) is 0. The van der Waals surface area contributed by atoms with Crippen molar-refractivity contribution in [3.05, 3.63) is 35.9 Å². The SMILES string of the molecule is CCOC(=O)C(Cc1ccccc1)C(=O)CC(=O)O. The maximum Gasteiger partial charge on any atom is 0.316 e. The molecule has 19 heavy (non-hydrogen) atoms. The van der Waals surface area contributed by atoms with Crippen LogP contribution in [0.5, 0.6) is 0 Å². The van der Waals surface area contributed by atoms with Crippen molar-refractivity contribution < 1.29 is 24.2 Å². The van der Waals surface area contributed by atoms with E-state index in [1.807, 2.05) is 6.07 Å². The average Bonchev–Trinajstić information content (AvgIpc) is 2.36. The molecule has 5 nitrogen and oxygen atoms in total. The van der Waals surface area contributed by atoms with Crippen LogP contribution in [0.4, 0.5) is 0 Å². The van der Waals surface area contributed by atoms with Gasteiger partial charge in [-0.25, -0.2) is 0 Å². The Morgan fingerprint density at radius 3 is 2.37 bits per heavy atom. The molecule has 0 saturated carbocycles. The summed E-state index contributed by atoms with van der Waals surface area (Å²) in [5.41, 5.74) is 0.791. The number of rotatable bonds is 7. The lowest BCUT2D eigenvalue weighted by Gasteiger charge is -2.13. The first-order valence-corrected chi connectivity index (χ1v) is 5.99. The molecule has 0 amide bonds. The normalized spacial score (nSPS) is 11.6. The molecule has 0 aromatic heterocycles. The van der Waals surface area contributed by atoms with Gasteiger partial charge in [0.2, 0.25) is 0 Å². The van der Waals surface area contributed by atoms with E-state index in [4.69, 9.17) is 9.84 Å². The van der Waals surface area contributed by atoms with Crippen molar-refractivity contribution in [1.82, 2.24) is 0 Å². The highest BCUT2D eigenvalue weighted by Gasteiger charge is 2.29. The number of aliphatic carboxylic acids is 1. The van der Waals surface area contributed by atoms with Crippen molar-refractivity contribution >= 4 is 17.7 Å². The molecule has 102 valence electrons. The number of ketones is 1. The average molecular weight is 264 g/mol. The highest BCUT2D eigenvalue weighted by atomic mass is 16.5. The predicted octanol–water partition coefficient (Wildman–Crippen LogP) is 1.45. The van der Waals surface area contributed by atoms with E-state index in [0.29, 0.717) is 0 Å². The second-order valence-electron chi connectivity index (χ2n) is 4.03. The minimum Gasteiger partial charge on any atom is -0.481 e. The van der Waals surface area contributed by atoms with Crippen LogP contribution < -0.4 is 0 Å². The standard InChI is InChI=1S/C14H16O5/c1-2-19-14(18)11(12(15)9-13(16)17)8-10-6-4-3-5-7-10/h3-7,11H,2,8-9H2,1H3,(H,16,17). The Hall–Kier alpha value is -2.17. The molecule has 0 radical (unpaired) electrons. The van der Waals surface area contributed by atoms with Gasteiger partial charge in [-0.1, -0.05) is 30.3 Å². The topological polar surface area (TPSA) is 80.7 Å². The van der Waals surface area contributed by atoms with Gasteiger partial charge in [-0.05, 0) is 18.9 Å². The van der Waals surface area contributed by atoms with E-state index >= 15 is 0 Å². The van der Waals surface area contributed by atoms with Gasteiger partial charge in [0.05, 0.1) is 6.61 Å². The Balaban J connectivity index is 2.83. The first kappa shape index (κ1) is 14.9. The minimum atomic E-state index is -1.24. The van der Waals surface area contributed by atoms with Gasteiger partial charge in [0, 0.05) is 0 Å². The lowest BCUT2D eigenvalue weighted by atomic mass is 9.93. The fourth-order valence-electron chi connectivity index (χ4n) is 1.69. The largest absolute Gasteiger partial charge is 0.481 e. The van der Waals surface area contributed by atoms with Gasteiger partial charge >= 0.3 is 11.9 Å². The van der Waals surface area contributed by atoms with Crippen molar-refractivity contribution in [3.8, 4) is 0 Å². The Labute approximate surface area is 111 Å². The maximum atomic E-state index is 11.8. The van der Waals surface area contributed by atoms with E-state index in [1.54, 1.807) is 31.2 Å². The van der Waals surface area contributed by atoms with Gasteiger partial charge in [-0.15, -0.1) is 0 Å². The second kappa shape index (κ2) is 7.31. The van der Waals surface area contributed by atoms with Crippen molar-refractivity contribution in [3.63, 3.8) is 0 Å². The molecule has 5 heteroatoms. The number of carboxylic acids is 1. The Bertz CT molecular complexity index is 452. The van der Waals surface area contributed by atoms with Crippen LogP contribution in [-0.2, 0) is 25.5 Å². The summed E-state index contributed by atoms with van der Waals surface area (Å²) >= 11 is 0. The molecule has 1 aromatic rings. The molecule has 0 saturated heterocycles. The molecule has 0 bridgehead atoms. The number of carbonyl (C=O) groups is 3. The fraction of sp³-hybridized carbons (Fsp3) is 0.357. The van der Waals surface area contributed by atoms with Crippen LogP contribution in [0.3, 0.4) is 0 Å². The molecule has 1 unspecified atom stereocenters. The molecule has 0 fully saturated rings. The number of ether oxygens (including phenoxy) is 1. The zero-order valence-corrected chi connectivity index (χ0v) is 10.7. The van der Waals surface area contributed by atoms with Crippen LogP contribution in [0.1, 0.15) is 18.9 Å². The van der Waals surface area contributed by atoms with Gasteiger partial charge in [0.15, 0.2) is 5.78 Å². The van der Waals surface area contributed by atoms with Crippen LogP contribution in [0, 0.1) is 5.92 Å². The third-order valence-corrected chi connectivity index (χ3v) is 2.57. The lowest BCUT2D eigenvalue weighted by Crippen LogP contribution is -2.29. The number of esters is 1. The van der Waals surface area contributed by atoms with Gasteiger partial charge < -0.3 is 9.84 Å². The Kier molecular flexibility index (Phi) is 5.73. The monoisotopic (exact) mass is 264 g/mol. The Morgan fingerprint density at radius 2 is 1.84 bits per heavy atom. The smallest absolute Gasteiger partial charge is 0.316 e. The van der Waals surface area contributed by atoms with Crippen LogP contribution in [-0.4, -0.2) is 29.4 Å². The summed E-state index contributed by atoms with van der Waals surface area (Å²) in [5.74, 6) is -3.60. The highest BCUT2D eigenvalue weighted by molar-refractivity contribution is 6.05. The van der Waals surface area contributed by atoms with Gasteiger partial charge in [-0.2, -0.15) is 0 Å². The van der Waals surface area contributed by atoms with E-state index < -0.39 is 30.1 Å². The maximum absolute atomic E-state index is 11.8. The minimum absolute atomic E-state index is 0.157.